The lowest BCUT2D eigenvalue weighted by Crippen LogP contribution is -2.27. The number of halogens is 3. The summed E-state index contributed by atoms with van der Waals surface area (Å²) in [5.41, 5.74) is 0.802. The molecule has 0 saturated heterocycles. The normalized spacial score (nSPS) is 12.6. The zero-order valence-corrected chi connectivity index (χ0v) is 15.5. The van der Waals surface area contributed by atoms with Crippen LogP contribution in [0.15, 0.2) is 54.7 Å². The average molecular weight is 390 g/mol. The largest absolute Gasteiger partial charge is 0.416 e. The third-order valence-electron chi connectivity index (χ3n) is 4.05. The van der Waals surface area contributed by atoms with E-state index in [9.17, 15) is 18.0 Å². The van der Waals surface area contributed by atoms with Crippen molar-refractivity contribution in [3.05, 3.63) is 75.7 Å². The Bertz CT molecular complexity index is 948. The summed E-state index contributed by atoms with van der Waals surface area (Å²) in [5.74, 6) is -0.300. The van der Waals surface area contributed by atoms with Crippen molar-refractivity contribution >= 4 is 17.2 Å². The fourth-order valence-electron chi connectivity index (χ4n) is 2.68. The van der Waals surface area contributed by atoms with E-state index in [-0.39, 0.29) is 11.9 Å². The number of nitrogens with zero attached hydrogens (tertiary/aromatic N) is 1. The molecule has 3 rings (SSSR count). The number of aryl methyl sites for hydroxylation is 1. The topological polar surface area (TPSA) is 42.0 Å². The first-order valence-electron chi connectivity index (χ1n) is 8.25. The van der Waals surface area contributed by atoms with E-state index in [1.807, 2.05) is 13.8 Å². The minimum absolute atomic E-state index is 0.267. The summed E-state index contributed by atoms with van der Waals surface area (Å²) in [6.07, 6.45) is -2.64. The van der Waals surface area contributed by atoms with Gasteiger partial charge in [-0.2, -0.15) is 13.2 Å². The van der Waals surface area contributed by atoms with Gasteiger partial charge in [-0.15, -0.1) is 11.3 Å². The average Bonchev–Trinajstić information content (AvgIpc) is 3.07. The van der Waals surface area contributed by atoms with Gasteiger partial charge in [0.25, 0.3) is 5.91 Å². The lowest BCUT2D eigenvalue weighted by atomic mass is 9.98. The van der Waals surface area contributed by atoms with E-state index in [0.29, 0.717) is 16.7 Å². The predicted octanol–water partition coefficient (Wildman–Crippen LogP) is 5.63. The maximum atomic E-state index is 12.8. The van der Waals surface area contributed by atoms with Gasteiger partial charge in [-0.05, 0) is 43.2 Å². The lowest BCUT2D eigenvalue weighted by molar-refractivity contribution is -0.137. The summed E-state index contributed by atoms with van der Waals surface area (Å²) < 4.78 is 38.3. The number of carbonyl (C=O) groups excluding carboxylic acids is 1. The summed E-state index contributed by atoms with van der Waals surface area (Å²) in [7, 11) is 0. The van der Waals surface area contributed by atoms with E-state index >= 15 is 0 Å². The number of hydrogen-bond acceptors (Lipinski definition) is 3. The van der Waals surface area contributed by atoms with Gasteiger partial charge in [-0.1, -0.05) is 30.3 Å². The molecule has 1 heterocycles. The Morgan fingerprint density at radius 1 is 1.11 bits per heavy atom. The number of hydrogen-bond donors (Lipinski definition) is 1. The standard InChI is InChI=1S/C20H17F3N2OS/c1-12-11-24-19(27-12)13(2)25-18(26)17-6-4-3-5-16(17)14-7-9-15(10-8-14)20(21,22)23/h3-11,13H,1-2H3,(H,25,26). The third-order valence-corrected chi connectivity index (χ3v) is 5.15. The lowest BCUT2D eigenvalue weighted by Gasteiger charge is -2.14. The molecule has 1 amide bonds. The summed E-state index contributed by atoms with van der Waals surface area (Å²) >= 11 is 1.51. The van der Waals surface area contributed by atoms with Crippen molar-refractivity contribution < 1.29 is 18.0 Å². The van der Waals surface area contributed by atoms with Gasteiger partial charge in [0.1, 0.15) is 5.01 Å². The maximum Gasteiger partial charge on any atom is 0.416 e. The molecule has 1 atom stereocenters. The Morgan fingerprint density at radius 3 is 2.37 bits per heavy atom. The summed E-state index contributed by atoms with van der Waals surface area (Å²) in [5, 5.41) is 3.70. The van der Waals surface area contributed by atoms with Gasteiger partial charge in [0.05, 0.1) is 11.6 Å². The Balaban J connectivity index is 1.86. The van der Waals surface area contributed by atoms with Crippen molar-refractivity contribution in [3.8, 4) is 11.1 Å². The van der Waals surface area contributed by atoms with Crippen LogP contribution in [-0.4, -0.2) is 10.9 Å². The molecule has 0 aliphatic heterocycles. The number of carbonyl (C=O) groups is 1. The molecule has 1 unspecified atom stereocenters. The summed E-state index contributed by atoms with van der Waals surface area (Å²) in [4.78, 5) is 18.1. The summed E-state index contributed by atoms with van der Waals surface area (Å²) in [6, 6.07) is 11.4. The second kappa shape index (κ2) is 7.52. The molecular weight excluding hydrogens is 373 g/mol. The maximum absolute atomic E-state index is 12.8. The van der Waals surface area contributed by atoms with E-state index in [1.165, 1.54) is 23.5 Å². The molecule has 1 aromatic heterocycles. The van der Waals surface area contributed by atoms with E-state index in [2.05, 4.69) is 10.3 Å². The minimum Gasteiger partial charge on any atom is -0.343 e. The smallest absolute Gasteiger partial charge is 0.343 e. The van der Waals surface area contributed by atoms with Gasteiger partial charge in [0.15, 0.2) is 0 Å². The molecule has 0 bridgehead atoms. The van der Waals surface area contributed by atoms with Crippen LogP contribution in [0.2, 0.25) is 0 Å². The van der Waals surface area contributed by atoms with Crippen LogP contribution in [0.4, 0.5) is 13.2 Å². The van der Waals surface area contributed by atoms with Crippen LogP contribution >= 0.6 is 11.3 Å². The van der Waals surface area contributed by atoms with Crippen molar-refractivity contribution in [2.75, 3.05) is 0 Å². The SMILES string of the molecule is Cc1cnc(C(C)NC(=O)c2ccccc2-c2ccc(C(F)(F)F)cc2)s1. The fraction of sp³-hybridized carbons (Fsp3) is 0.200. The Hall–Kier alpha value is -2.67. The molecule has 0 aliphatic rings. The van der Waals surface area contributed by atoms with E-state index in [1.54, 1.807) is 30.5 Å². The Kier molecular flexibility index (Phi) is 5.32. The van der Waals surface area contributed by atoms with E-state index in [4.69, 9.17) is 0 Å². The van der Waals surface area contributed by atoms with Crippen molar-refractivity contribution in [2.24, 2.45) is 0 Å². The van der Waals surface area contributed by atoms with Crippen molar-refractivity contribution in [1.29, 1.82) is 0 Å². The molecule has 0 aliphatic carbocycles. The molecule has 3 aromatic rings. The van der Waals surface area contributed by atoms with Crippen molar-refractivity contribution in [3.63, 3.8) is 0 Å². The highest BCUT2D eigenvalue weighted by molar-refractivity contribution is 7.11. The number of nitrogens with one attached hydrogen (secondary N) is 1. The number of rotatable bonds is 4. The number of aromatic nitrogens is 1. The van der Waals surface area contributed by atoms with Gasteiger partial charge < -0.3 is 5.32 Å². The van der Waals surface area contributed by atoms with Crippen LogP contribution in [-0.2, 0) is 6.18 Å². The first-order valence-corrected chi connectivity index (χ1v) is 9.07. The van der Waals surface area contributed by atoms with Crippen LogP contribution in [0, 0.1) is 6.92 Å². The zero-order chi connectivity index (χ0) is 19.6. The molecular formula is C20H17F3N2OS. The first-order chi connectivity index (χ1) is 12.8. The molecule has 2 aromatic carbocycles. The molecule has 3 nitrogen and oxygen atoms in total. The van der Waals surface area contributed by atoms with Gasteiger partial charge in [0, 0.05) is 16.6 Å². The van der Waals surface area contributed by atoms with Crippen molar-refractivity contribution in [1.82, 2.24) is 10.3 Å². The van der Waals surface area contributed by atoms with E-state index in [0.717, 1.165) is 22.0 Å². The quantitative estimate of drug-likeness (QED) is 0.627. The van der Waals surface area contributed by atoms with Crippen LogP contribution in [0.3, 0.4) is 0 Å². The van der Waals surface area contributed by atoms with Crippen LogP contribution in [0.5, 0.6) is 0 Å². The molecule has 7 heteroatoms. The van der Waals surface area contributed by atoms with Gasteiger partial charge in [-0.3, -0.25) is 4.79 Å². The number of amides is 1. The number of alkyl halides is 3. The third kappa shape index (κ3) is 4.36. The van der Waals surface area contributed by atoms with Gasteiger partial charge in [0.2, 0.25) is 0 Å². The fourth-order valence-corrected chi connectivity index (χ4v) is 3.46. The van der Waals surface area contributed by atoms with Gasteiger partial charge >= 0.3 is 6.18 Å². The molecule has 0 saturated carbocycles. The van der Waals surface area contributed by atoms with E-state index < -0.39 is 11.7 Å². The molecule has 0 spiro atoms. The second-order valence-corrected chi connectivity index (χ2v) is 7.39. The molecule has 140 valence electrons. The highest BCUT2D eigenvalue weighted by Crippen LogP contribution is 2.32. The van der Waals surface area contributed by atoms with Crippen molar-refractivity contribution in [2.45, 2.75) is 26.1 Å². The summed E-state index contributed by atoms with van der Waals surface area (Å²) in [6.45, 7) is 3.78. The Morgan fingerprint density at radius 2 is 1.78 bits per heavy atom. The molecule has 1 N–H and O–H groups in total. The highest BCUT2D eigenvalue weighted by atomic mass is 32.1. The van der Waals surface area contributed by atoms with Gasteiger partial charge in [-0.25, -0.2) is 4.98 Å². The first kappa shape index (κ1) is 19.1. The van der Waals surface area contributed by atoms with Crippen LogP contribution < -0.4 is 5.32 Å². The molecule has 0 radical (unpaired) electrons. The number of benzene rings is 2. The predicted molar refractivity (Wildman–Crippen MR) is 99.6 cm³/mol. The highest BCUT2D eigenvalue weighted by Gasteiger charge is 2.30. The second-order valence-electron chi connectivity index (χ2n) is 6.12. The minimum atomic E-state index is -4.39. The molecule has 0 fully saturated rings. The van der Waals surface area contributed by atoms with Crippen LogP contribution in [0.25, 0.3) is 11.1 Å². The van der Waals surface area contributed by atoms with Crippen LogP contribution in [0.1, 0.15) is 38.8 Å². The molecule has 27 heavy (non-hydrogen) atoms. The monoisotopic (exact) mass is 390 g/mol. The Labute approximate surface area is 158 Å². The zero-order valence-electron chi connectivity index (χ0n) is 14.7. The number of thiazole rings is 1.